The number of benzene rings is 1. The van der Waals surface area contributed by atoms with E-state index in [1.807, 2.05) is 31.2 Å². The van der Waals surface area contributed by atoms with E-state index in [1.165, 1.54) is 0 Å². The van der Waals surface area contributed by atoms with Gasteiger partial charge in [-0.2, -0.15) is 9.40 Å². The summed E-state index contributed by atoms with van der Waals surface area (Å²) in [6, 6.07) is 7.62. The quantitative estimate of drug-likeness (QED) is 0.831. The molecule has 1 aromatic carbocycles. The molecule has 24 heavy (non-hydrogen) atoms. The first-order valence-corrected chi connectivity index (χ1v) is 9.78. The second-order valence-electron chi connectivity index (χ2n) is 5.80. The monoisotopic (exact) mass is 368 g/mol. The lowest BCUT2D eigenvalue weighted by Gasteiger charge is -2.35. The summed E-state index contributed by atoms with van der Waals surface area (Å²) in [5.74, 6) is 0. The molecular formula is C16H21ClN4O2S. The largest absolute Gasteiger partial charge is 0.369 e. The highest BCUT2D eigenvalue weighted by atomic mass is 35.5. The van der Waals surface area contributed by atoms with Crippen molar-refractivity contribution in [1.82, 2.24) is 14.1 Å². The number of halogens is 1. The van der Waals surface area contributed by atoms with E-state index in [1.54, 1.807) is 22.1 Å². The maximum atomic E-state index is 12.9. The minimum atomic E-state index is -3.49. The van der Waals surface area contributed by atoms with E-state index in [0.29, 0.717) is 48.3 Å². The zero-order valence-electron chi connectivity index (χ0n) is 13.8. The van der Waals surface area contributed by atoms with Crippen LogP contribution in [0, 0.1) is 6.92 Å². The number of hydrogen-bond donors (Lipinski definition) is 0. The summed E-state index contributed by atoms with van der Waals surface area (Å²) >= 11 is 5.92. The highest BCUT2D eigenvalue weighted by Gasteiger charge is 2.31. The second-order valence-corrected chi connectivity index (χ2v) is 8.14. The van der Waals surface area contributed by atoms with Crippen molar-refractivity contribution in [3.8, 4) is 0 Å². The van der Waals surface area contributed by atoms with Crippen LogP contribution >= 0.6 is 11.6 Å². The lowest BCUT2D eigenvalue weighted by molar-refractivity contribution is 0.384. The molecule has 0 amide bonds. The maximum Gasteiger partial charge on any atom is 0.246 e. The van der Waals surface area contributed by atoms with Gasteiger partial charge in [0.1, 0.15) is 4.90 Å². The molecule has 2 heterocycles. The molecule has 1 fully saturated rings. The lowest BCUT2D eigenvalue weighted by atomic mass is 10.2. The summed E-state index contributed by atoms with van der Waals surface area (Å²) in [4.78, 5) is 2.48. The standard InChI is InChI=1S/C16H21ClN4O2S/c1-3-20-12-16(13(2)18-20)24(22,23)21-10-8-19(9-11-21)15-6-4-14(17)5-7-15/h4-7,12H,3,8-11H2,1-2H3. The summed E-state index contributed by atoms with van der Waals surface area (Å²) in [7, 11) is -3.49. The third kappa shape index (κ3) is 3.29. The number of piperazine rings is 1. The molecule has 0 atom stereocenters. The maximum absolute atomic E-state index is 12.9. The fourth-order valence-corrected chi connectivity index (χ4v) is 4.61. The van der Waals surface area contributed by atoms with E-state index in [9.17, 15) is 8.42 Å². The molecular weight excluding hydrogens is 348 g/mol. The predicted molar refractivity (Wildman–Crippen MR) is 95.1 cm³/mol. The van der Waals surface area contributed by atoms with Gasteiger partial charge in [0.2, 0.25) is 10.0 Å². The Morgan fingerprint density at radius 3 is 2.29 bits per heavy atom. The topological polar surface area (TPSA) is 58.4 Å². The molecule has 130 valence electrons. The van der Waals surface area contributed by atoms with E-state index in [0.717, 1.165) is 5.69 Å². The molecule has 1 aliphatic rings. The van der Waals surface area contributed by atoms with Gasteiger partial charge in [0.25, 0.3) is 0 Å². The average molecular weight is 369 g/mol. The summed E-state index contributed by atoms with van der Waals surface area (Å²) in [5, 5.41) is 4.95. The summed E-state index contributed by atoms with van der Waals surface area (Å²) in [5.41, 5.74) is 1.61. The highest BCUT2D eigenvalue weighted by molar-refractivity contribution is 7.89. The second kappa shape index (κ2) is 6.74. The third-order valence-corrected chi connectivity index (χ3v) is 6.53. The molecule has 0 spiro atoms. The Hall–Kier alpha value is -1.57. The van der Waals surface area contributed by atoms with Gasteiger partial charge in [-0.25, -0.2) is 8.42 Å². The number of nitrogens with zero attached hydrogens (tertiary/aromatic N) is 4. The smallest absolute Gasteiger partial charge is 0.246 e. The van der Waals surface area contributed by atoms with E-state index >= 15 is 0 Å². The molecule has 0 N–H and O–H groups in total. The van der Waals surface area contributed by atoms with Crippen LogP contribution in [0.15, 0.2) is 35.4 Å². The number of anilines is 1. The Morgan fingerprint density at radius 2 is 1.75 bits per heavy atom. The van der Waals surface area contributed by atoms with Crippen LogP contribution in [0.2, 0.25) is 5.02 Å². The molecule has 1 aromatic heterocycles. The minimum absolute atomic E-state index is 0.310. The van der Waals surface area contributed by atoms with E-state index in [4.69, 9.17) is 11.6 Å². The Bertz CT molecular complexity index is 809. The molecule has 0 unspecified atom stereocenters. The molecule has 0 radical (unpaired) electrons. The SMILES string of the molecule is CCn1cc(S(=O)(=O)N2CCN(c3ccc(Cl)cc3)CC2)c(C)n1. The molecule has 3 rings (SSSR count). The molecule has 1 aliphatic heterocycles. The molecule has 1 saturated heterocycles. The third-order valence-electron chi connectivity index (χ3n) is 4.27. The van der Waals surface area contributed by atoms with Crippen LogP contribution < -0.4 is 4.90 Å². The zero-order chi connectivity index (χ0) is 17.3. The summed E-state index contributed by atoms with van der Waals surface area (Å²) in [6.07, 6.45) is 1.62. The van der Waals surface area contributed by atoms with E-state index in [2.05, 4.69) is 10.00 Å². The fraction of sp³-hybridized carbons (Fsp3) is 0.438. The summed E-state index contributed by atoms with van der Waals surface area (Å²) < 4.78 is 28.9. The van der Waals surface area contributed by atoms with Crippen LogP contribution in [0.4, 0.5) is 5.69 Å². The van der Waals surface area contributed by atoms with Gasteiger partial charge in [-0.05, 0) is 38.1 Å². The van der Waals surface area contributed by atoms with Crippen molar-refractivity contribution in [2.75, 3.05) is 31.1 Å². The number of aryl methyl sites for hydroxylation is 2. The molecule has 2 aromatic rings. The average Bonchev–Trinajstić information content (AvgIpc) is 2.97. The highest BCUT2D eigenvalue weighted by Crippen LogP contribution is 2.23. The van der Waals surface area contributed by atoms with Crippen LogP contribution in [-0.4, -0.2) is 48.7 Å². The van der Waals surface area contributed by atoms with Crippen molar-refractivity contribution in [2.24, 2.45) is 0 Å². The van der Waals surface area contributed by atoms with Gasteiger partial charge in [-0.1, -0.05) is 11.6 Å². The number of sulfonamides is 1. The zero-order valence-corrected chi connectivity index (χ0v) is 15.4. The van der Waals surface area contributed by atoms with Crippen LogP contribution in [-0.2, 0) is 16.6 Å². The first kappa shape index (κ1) is 17.3. The molecule has 8 heteroatoms. The van der Waals surface area contributed by atoms with Gasteiger partial charge < -0.3 is 4.90 Å². The van der Waals surface area contributed by atoms with Crippen LogP contribution in [0.3, 0.4) is 0 Å². The van der Waals surface area contributed by atoms with Crippen molar-refractivity contribution in [2.45, 2.75) is 25.3 Å². The van der Waals surface area contributed by atoms with Gasteiger partial charge in [0, 0.05) is 49.6 Å². The van der Waals surface area contributed by atoms with Gasteiger partial charge in [0.05, 0.1) is 5.69 Å². The van der Waals surface area contributed by atoms with Gasteiger partial charge in [-0.3, -0.25) is 4.68 Å². The normalized spacial score (nSPS) is 16.5. The number of hydrogen-bond acceptors (Lipinski definition) is 4. The Labute approximate surface area is 147 Å². The van der Waals surface area contributed by atoms with Crippen molar-refractivity contribution in [1.29, 1.82) is 0 Å². The molecule has 0 saturated carbocycles. The lowest BCUT2D eigenvalue weighted by Crippen LogP contribution is -2.48. The van der Waals surface area contributed by atoms with E-state index < -0.39 is 10.0 Å². The molecule has 6 nitrogen and oxygen atoms in total. The van der Waals surface area contributed by atoms with Crippen molar-refractivity contribution < 1.29 is 8.42 Å². The van der Waals surface area contributed by atoms with E-state index in [-0.39, 0.29) is 0 Å². The van der Waals surface area contributed by atoms with Crippen molar-refractivity contribution in [3.05, 3.63) is 41.2 Å². The van der Waals surface area contributed by atoms with Gasteiger partial charge in [0.15, 0.2) is 0 Å². The van der Waals surface area contributed by atoms with Crippen molar-refractivity contribution >= 4 is 27.3 Å². The molecule has 0 aliphatic carbocycles. The Balaban J connectivity index is 1.73. The van der Waals surface area contributed by atoms with Crippen molar-refractivity contribution in [3.63, 3.8) is 0 Å². The first-order valence-electron chi connectivity index (χ1n) is 7.96. The first-order chi connectivity index (χ1) is 11.4. The van der Waals surface area contributed by atoms with Gasteiger partial charge >= 0.3 is 0 Å². The van der Waals surface area contributed by atoms with Gasteiger partial charge in [-0.15, -0.1) is 0 Å². The van der Waals surface area contributed by atoms with Crippen LogP contribution in [0.25, 0.3) is 0 Å². The Kier molecular flexibility index (Phi) is 4.85. The minimum Gasteiger partial charge on any atom is -0.369 e. The molecule has 0 bridgehead atoms. The Morgan fingerprint density at radius 1 is 1.12 bits per heavy atom. The number of aromatic nitrogens is 2. The predicted octanol–water partition coefficient (Wildman–Crippen LogP) is 2.38. The van der Waals surface area contributed by atoms with Crippen LogP contribution in [0.1, 0.15) is 12.6 Å². The number of rotatable bonds is 4. The van der Waals surface area contributed by atoms with Crippen LogP contribution in [0.5, 0.6) is 0 Å². The fourth-order valence-electron chi connectivity index (χ4n) is 2.89. The summed E-state index contributed by atoms with van der Waals surface area (Å²) in [6.45, 7) is 6.56.